The fourth-order valence-electron chi connectivity index (χ4n) is 3.11. The summed E-state index contributed by atoms with van der Waals surface area (Å²) in [5.41, 5.74) is 4.37. The topological polar surface area (TPSA) is 90.5 Å². The molecular formula is C23H30N4O3. The number of carbonyl (C=O) groups excluding carboxylic acids is 3. The number of hydrogen-bond acceptors (Lipinski definition) is 4. The van der Waals surface area contributed by atoms with E-state index in [1.54, 1.807) is 11.0 Å². The number of nitrogens with one attached hydrogen (secondary N) is 3. The first-order valence-electron chi connectivity index (χ1n) is 10.0. The molecule has 0 radical (unpaired) electrons. The van der Waals surface area contributed by atoms with Crippen LogP contribution in [0.25, 0.3) is 0 Å². The Balaban J connectivity index is 1.88. The lowest BCUT2D eigenvalue weighted by atomic mass is 10.1. The fraction of sp³-hybridized carbons (Fsp3) is 0.348. The normalized spacial score (nSPS) is 10.6. The van der Waals surface area contributed by atoms with E-state index in [1.807, 2.05) is 64.1 Å². The number of urea groups is 1. The molecule has 2 rings (SSSR count). The van der Waals surface area contributed by atoms with Crippen LogP contribution in [0.15, 0.2) is 42.5 Å². The quantitative estimate of drug-likeness (QED) is 0.620. The minimum Gasteiger partial charge on any atom is -0.325 e. The molecule has 0 aliphatic rings. The average Bonchev–Trinajstić information content (AvgIpc) is 2.66. The highest BCUT2D eigenvalue weighted by Gasteiger charge is 2.16. The molecule has 2 aromatic rings. The summed E-state index contributed by atoms with van der Waals surface area (Å²) in [7, 11) is 0. The van der Waals surface area contributed by atoms with Gasteiger partial charge in [-0.15, -0.1) is 0 Å². The van der Waals surface area contributed by atoms with Crippen molar-refractivity contribution in [2.75, 3.05) is 30.3 Å². The largest absolute Gasteiger partial charge is 0.325 e. The van der Waals surface area contributed by atoms with Gasteiger partial charge in [-0.2, -0.15) is 0 Å². The smallest absolute Gasteiger partial charge is 0.325 e. The molecule has 0 heterocycles. The van der Waals surface area contributed by atoms with Crippen molar-refractivity contribution in [1.29, 1.82) is 0 Å². The molecule has 3 N–H and O–H groups in total. The standard InChI is InChI=1S/C23H30N4O3/c1-5-12-27(14-21(28)24-19-9-7-6-8-17(19)3)15-22(29)26-23(30)25-20-11-10-16(2)13-18(20)4/h6-11,13H,5,12,14-15H2,1-4H3,(H,24,28)(H2,25,26,29,30). The van der Waals surface area contributed by atoms with Crippen LogP contribution in [0.1, 0.15) is 30.0 Å². The maximum absolute atomic E-state index is 12.4. The first-order valence-corrected chi connectivity index (χ1v) is 10.0. The molecular weight excluding hydrogens is 380 g/mol. The van der Waals surface area contributed by atoms with Gasteiger partial charge in [0.25, 0.3) is 0 Å². The molecule has 160 valence electrons. The second-order valence-electron chi connectivity index (χ2n) is 7.39. The van der Waals surface area contributed by atoms with Crippen molar-refractivity contribution in [2.45, 2.75) is 34.1 Å². The number of nitrogens with zero attached hydrogens (tertiary/aromatic N) is 1. The molecule has 7 nitrogen and oxygen atoms in total. The molecule has 0 fully saturated rings. The van der Waals surface area contributed by atoms with E-state index in [1.165, 1.54) is 0 Å². The molecule has 0 unspecified atom stereocenters. The van der Waals surface area contributed by atoms with Crippen molar-refractivity contribution in [3.05, 3.63) is 59.2 Å². The van der Waals surface area contributed by atoms with Gasteiger partial charge in [0.1, 0.15) is 0 Å². The lowest BCUT2D eigenvalue weighted by molar-refractivity contribution is -0.122. The SMILES string of the molecule is CCCN(CC(=O)NC(=O)Nc1ccc(C)cc1C)CC(=O)Nc1ccccc1C. The molecule has 0 bridgehead atoms. The van der Waals surface area contributed by atoms with Crippen LogP contribution in [-0.2, 0) is 9.59 Å². The van der Waals surface area contributed by atoms with Crippen LogP contribution in [-0.4, -0.2) is 42.4 Å². The van der Waals surface area contributed by atoms with E-state index in [9.17, 15) is 14.4 Å². The summed E-state index contributed by atoms with van der Waals surface area (Å²) in [5.74, 6) is -0.667. The Bertz CT molecular complexity index is 911. The minimum absolute atomic E-state index is 0.0463. The monoisotopic (exact) mass is 410 g/mol. The Morgan fingerprint density at radius 2 is 1.50 bits per heavy atom. The Morgan fingerprint density at radius 1 is 0.833 bits per heavy atom. The van der Waals surface area contributed by atoms with Crippen LogP contribution < -0.4 is 16.0 Å². The third-order valence-corrected chi connectivity index (χ3v) is 4.58. The zero-order valence-corrected chi connectivity index (χ0v) is 18.0. The third kappa shape index (κ3) is 7.33. The van der Waals surface area contributed by atoms with Crippen LogP contribution >= 0.6 is 0 Å². The van der Waals surface area contributed by atoms with Crippen molar-refractivity contribution < 1.29 is 14.4 Å². The third-order valence-electron chi connectivity index (χ3n) is 4.58. The van der Waals surface area contributed by atoms with Gasteiger partial charge < -0.3 is 10.6 Å². The Hall–Kier alpha value is -3.19. The highest BCUT2D eigenvalue weighted by Crippen LogP contribution is 2.16. The van der Waals surface area contributed by atoms with Crippen LogP contribution in [0.2, 0.25) is 0 Å². The van der Waals surface area contributed by atoms with E-state index in [0.29, 0.717) is 12.2 Å². The first-order chi connectivity index (χ1) is 14.3. The van der Waals surface area contributed by atoms with Crippen molar-refractivity contribution >= 4 is 29.2 Å². The molecule has 0 atom stereocenters. The summed E-state index contributed by atoms with van der Waals surface area (Å²) in [4.78, 5) is 38.6. The molecule has 0 saturated heterocycles. The predicted molar refractivity (Wildman–Crippen MR) is 120 cm³/mol. The van der Waals surface area contributed by atoms with E-state index in [-0.39, 0.29) is 19.0 Å². The van der Waals surface area contributed by atoms with Crippen molar-refractivity contribution in [3.63, 3.8) is 0 Å². The van der Waals surface area contributed by atoms with Gasteiger partial charge in [0.2, 0.25) is 11.8 Å². The highest BCUT2D eigenvalue weighted by molar-refractivity contribution is 6.02. The number of aryl methyl sites for hydroxylation is 3. The summed E-state index contributed by atoms with van der Waals surface area (Å²) in [6.45, 7) is 8.33. The van der Waals surface area contributed by atoms with Crippen molar-refractivity contribution in [1.82, 2.24) is 10.2 Å². The van der Waals surface area contributed by atoms with Crippen LogP contribution in [0.4, 0.5) is 16.2 Å². The number of imide groups is 1. The molecule has 30 heavy (non-hydrogen) atoms. The highest BCUT2D eigenvalue weighted by atomic mass is 16.2. The summed E-state index contributed by atoms with van der Waals surface area (Å²) in [5, 5.41) is 7.88. The van der Waals surface area contributed by atoms with Gasteiger partial charge in [-0.05, 0) is 57.0 Å². The Morgan fingerprint density at radius 3 is 2.17 bits per heavy atom. The summed E-state index contributed by atoms with van der Waals surface area (Å²) < 4.78 is 0. The van der Waals surface area contributed by atoms with Gasteiger partial charge in [0, 0.05) is 11.4 Å². The Labute approximate surface area is 177 Å². The summed E-state index contributed by atoms with van der Waals surface area (Å²) in [6, 6.07) is 12.6. The van der Waals surface area contributed by atoms with E-state index >= 15 is 0 Å². The van der Waals surface area contributed by atoms with Gasteiger partial charge in [-0.1, -0.05) is 42.8 Å². The van der Waals surface area contributed by atoms with Gasteiger partial charge in [0.15, 0.2) is 0 Å². The molecule has 0 aromatic heterocycles. The number of carbonyl (C=O) groups is 3. The van der Waals surface area contributed by atoms with Gasteiger partial charge in [0.05, 0.1) is 13.1 Å². The number of benzene rings is 2. The second kappa shape index (κ2) is 11.1. The van der Waals surface area contributed by atoms with Gasteiger partial charge in [-0.25, -0.2) is 4.79 Å². The number of para-hydroxylation sites is 1. The molecule has 4 amide bonds. The number of hydrogen-bond donors (Lipinski definition) is 3. The van der Waals surface area contributed by atoms with E-state index in [2.05, 4.69) is 16.0 Å². The van der Waals surface area contributed by atoms with Crippen molar-refractivity contribution in [3.8, 4) is 0 Å². The molecule has 0 saturated carbocycles. The molecule has 0 spiro atoms. The maximum Gasteiger partial charge on any atom is 0.325 e. The fourth-order valence-corrected chi connectivity index (χ4v) is 3.11. The van der Waals surface area contributed by atoms with Gasteiger partial charge in [-0.3, -0.25) is 19.8 Å². The van der Waals surface area contributed by atoms with Crippen LogP contribution in [0, 0.1) is 20.8 Å². The lowest BCUT2D eigenvalue weighted by Crippen LogP contribution is -2.44. The number of rotatable bonds is 8. The second-order valence-corrected chi connectivity index (χ2v) is 7.39. The Kier molecular flexibility index (Phi) is 8.55. The minimum atomic E-state index is -0.590. The zero-order chi connectivity index (χ0) is 22.1. The predicted octanol–water partition coefficient (Wildman–Crippen LogP) is 3.61. The van der Waals surface area contributed by atoms with Crippen LogP contribution in [0.3, 0.4) is 0 Å². The summed E-state index contributed by atoms with van der Waals surface area (Å²) >= 11 is 0. The average molecular weight is 411 g/mol. The maximum atomic E-state index is 12.4. The lowest BCUT2D eigenvalue weighted by Gasteiger charge is -2.20. The van der Waals surface area contributed by atoms with E-state index in [0.717, 1.165) is 28.8 Å². The van der Waals surface area contributed by atoms with E-state index < -0.39 is 11.9 Å². The molecule has 0 aliphatic heterocycles. The summed E-state index contributed by atoms with van der Waals surface area (Å²) in [6.07, 6.45) is 0.777. The molecule has 0 aliphatic carbocycles. The van der Waals surface area contributed by atoms with Crippen LogP contribution in [0.5, 0.6) is 0 Å². The van der Waals surface area contributed by atoms with E-state index in [4.69, 9.17) is 0 Å². The van der Waals surface area contributed by atoms with Gasteiger partial charge >= 0.3 is 6.03 Å². The zero-order valence-electron chi connectivity index (χ0n) is 18.0. The molecule has 7 heteroatoms. The molecule has 2 aromatic carbocycles. The first kappa shape index (κ1) is 23.1. The number of amides is 4. The van der Waals surface area contributed by atoms with Crippen molar-refractivity contribution in [2.24, 2.45) is 0 Å². The number of anilines is 2.